The number of rotatable bonds is 2. The Kier molecular flexibility index (Phi) is 3.17. The first-order valence-electron chi connectivity index (χ1n) is 4.88. The zero-order chi connectivity index (χ0) is 10.8. The lowest BCUT2D eigenvalue weighted by Gasteiger charge is -2.40. The lowest BCUT2D eigenvalue weighted by atomic mass is 9.75. The standard InChI is InChI=1S/C10H19NO3/c1-9(14-3)4-6-10(11,7-5-9)8(12)13-2/h4-7,11H2,1-3H3/t9-,10-. The van der Waals surface area contributed by atoms with Gasteiger partial charge in [0.25, 0.3) is 0 Å². The minimum Gasteiger partial charge on any atom is -0.468 e. The molecule has 0 unspecified atom stereocenters. The fraction of sp³-hybridized carbons (Fsp3) is 0.900. The van der Waals surface area contributed by atoms with Crippen molar-refractivity contribution in [2.45, 2.75) is 43.7 Å². The van der Waals surface area contributed by atoms with Gasteiger partial charge in [-0.05, 0) is 32.6 Å². The van der Waals surface area contributed by atoms with E-state index < -0.39 is 5.54 Å². The van der Waals surface area contributed by atoms with Crippen molar-refractivity contribution >= 4 is 5.97 Å². The van der Waals surface area contributed by atoms with Gasteiger partial charge in [-0.2, -0.15) is 0 Å². The van der Waals surface area contributed by atoms with Crippen molar-refractivity contribution in [3.8, 4) is 0 Å². The van der Waals surface area contributed by atoms with Crippen LogP contribution in [0.3, 0.4) is 0 Å². The van der Waals surface area contributed by atoms with Gasteiger partial charge in [-0.25, -0.2) is 0 Å². The molecule has 0 aromatic carbocycles. The van der Waals surface area contributed by atoms with Gasteiger partial charge in [0.05, 0.1) is 12.7 Å². The second kappa shape index (κ2) is 3.87. The van der Waals surface area contributed by atoms with E-state index >= 15 is 0 Å². The maximum atomic E-state index is 11.4. The molecule has 0 amide bonds. The van der Waals surface area contributed by atoms with Crippen molar-refractivity contribution in [2.75, 3.05) is 14.2 Å². The highest BCUT2D eigenvalue weighted by atomic mass is 16.5. The van der Waals surface area contributed by atoms with Crippen LogP contribution in [0.5, 0.6) is 0 Å². The van der Waals surface area contributed by atoms with E-state index in [2.05, 4.69) is 4.74 Å². The molecule has 1 rings (SSSR count). The van der Waals surface area contributed by atoms with Gasteiger partial charge in [0.15, 0.2) is 0 Å². The monoisotopic (exact) mass is 201 g/mol. The molecule has 0 atom stereocenters. The van der Waals surface area contributed by atoms with Crippen LogP contribution in [0.15, 0.2) is 0 Å². The first-order valence-corrected chi connectivity index (χ1v) is 4.88. The van der Waals surface area contributed by atoms with E-state index in [0.717, 1.165) is 12.8 Å². The van der Waals surface area contributed by atoms with Crippen molar-refractivity contribution in [3.05, 3.63) is 0 Å². The van der Waals surface area contributed by atoms with Crippen LogP contribution in [0.25, 0.3) is 0 Å². The molecule has 1 aliphatic carbocycles. The lowest BCUT2D eigenvalue weighted by Crippen LogP contribution is -2.54. The molecular formula is C10H19NO3. The molecule has 14 heavy (non-hydrogen) atoms. The van der Waals surface area contributed by atoms with Crippen LogP contribution in [0, 0.1) is 0 Å². The summed E-state index contributed by atoms with van der Waals surface area (Å²) in [5.74, 6) is -0.310. The predicted octanol–water partition coefficient (Wildman–Crippen LogP) is 0.836. The number of ether oxygens (including phenoxy) is 2. The van der Waals surface area contributed by atoms with Gasteiger partial charge < -0.3 is 15.2 Å². The van der Waals surface area contributed by atoms with E-state index in [0.29, 0.717) is 12.8 Å². The summed E-state index contributed by atoms with van der Waals surface area (Å²) in [6, 6.07) is 0. The van der Waals surface area contributed by atoms with Gasteiger partial charge in [0.1, 0.15) is 5.54 Å². The fourth-order valence-electron chi connectivity index (χ4n) is 1.84. The summed E-state index contributed by atoms with van der Waals surface area (Å²) < 4.78 is 10.1. The Morgan fingerprint density at radius 1 is 1.21 bits per heavy atom. The molecular weight excluding hydrogens is 182 g/mol. The van der Waals surface area contributed by atoms with E-state index in [1.807, 2.05) is 6.92 Å². The Hall–Kier alpha value is -0.610. The molecule has 4 nitrogen and oxygen atoms in total. The normalized spacial score (nSPS) is 38.0. The van der Waals surface area contributed by atoms with Crippen molar-refractivity contribution in [3.63, 3.8) is 0 Å². The summed E-state index contributed by atoms with van der Waals surface area (Å²) in [5, 5.41) is 0. The van der Waals surface area contributed by atoms with Crippen LogP contribution in [-0.4, -0.2) is 31.3 Å². The van der Waals surface area contributed by atoms with Crippen molar-refractivity contribution in [1.82, 2.24) is 0 Å². The van der Waals surface area contributed by atoms with Gasteiger partial charge in [-0.3, -0.25) is 4.79 Å². The van der Waals surface area contributed by atoms with Crippen LogP contribution < -0.4 is 5.73 Å². The van der Waals surface area contributed by atoms with Gasteiger partial charge >= 0.3 is 5.97 Å². The smallest absolute Gasteiger partial charge is 0.325 e. The number of esters is 1. The van der Waals surface area contributed by atoms with Crippen molar-refractivity contribution < 1.29 is 14.3 Å². The van der Waals surface area contributed by atoms with E-state index in [1.165, 1.54) is 7.11 Å². The summed E-state index contributed by atoms with van der Waals surface area (Å²) in [4.78, 5) is 11.4. The maximum Gasteiger partial charge on any atom is 0.325 e. The van der Waals surface area contributed by atoms with Crippen LogP contribution in [0.2, 0.25) is 0 Å². The third kappa shape index (κ3) is 2.07. The molecule has 0 aromatic rings. The SMILES string of the molecule is COC(=O)[C@]1(N)CC[C@](C)(OC)CC1. The molecule has 0 radical (unpaired) electrons. The molecule has 1 fully saturated rings. The molecule has 1 aliphatic rings. The number of hydrogen-bond donors (Lipinski definition) is 1. The van der Waals surface area contributed by atoms with E-state index in [1.54, 1.807) is 7.11 Å². The Morgan fingerprint density at radius 2 is 1.71 bits per heavy atom. The van der Waals surface area contributed by atoms with Crippen molar-refractivity contribution in [1.29, 1.82) is 0 Å². The lowest BCUT2D eigenvalue weighted by molar-refractivity contribution is -0.151. The summed E-state index contributed by atoms with van der Waals surface area (Å²) >= 11 is 0. The molecule has 0 bridgehead atoms. The van der Waals surface area contributed by atoms with Crippen LogP contribution in [-0.2, 0) is 14.3 Å². The van der Waals surface area contributed by atoms with Crippen LogP contribution in [0.4, 0.5) is 0 Å². The average Bonchev–Trinajstić information content (AvgIpc) is 2.22. The topological polar surface area (TPSA) is 61.5 Å². The van der Waals surface area contributed by atoms with Gasteiger partial charge in [-0.15, -0.1) is 0 Å². The maximum absolute atomic E-state index is 11.4. The number of carbonyl (C=O) groups is 1. The highest BCUT2D eigenvalue weighted by Crippen LogP contribution is 2.35. The average molecular weight is 201 g/mol. The second-order valence-corrected chi connectivity index (χ2v) is 4.30. The van der Waals surface area contributed by atoms with Crippen LogP contribution in [0.1, 0.15) is 32.6 Å². The fourth-order valence-corrected chi connectivity index (χ4v) is 1.84. The van der Waals surface area contributed by atoms with Crippen LogP contribution >= 0.6 is 0 Å². The number of carbonyl (C=O) groups excluding carboxylic acids is 1. The largest absolute Gasteiger partial charge is 0.468 e. The first kappa shape index (κ1) is 11.5. The third-order valence-electron chi connectivity index (χ3n) is 3.28. The third-order valence-corrected chi connectivity index (χ3v) is 3.28. The molecule has 0 saturated heterocycles. The molecule has 4 heteroatoms. The highest BCUT2D eigenvalue weighted by Gasteiger charge is 2.43. The Bertz CT molecular complexity index is 219. The minimum atomic E-state index is -0.799. The van der Waals surface area contributed by atoms with E-state index in [4.69, 9.17) is 10.5 Å². The first-order chi connectivity index (χ1) is 6.46. The zero-order valence-corrected chi connectivity index (χ0v) is 9.13. The molecule has 0 aromatic heterocycles. The number of methoxy groups -OCH3 is 2. The highest BCUT2D eigenvalue weighted by molar-refractivity contribution is 5.80. The zero-order valence-electron chi connectivity index (χ0n) is 9.13. The molecule has 2 N–H and O–H groups in total. The Morgan fingerprint density at radius 3 is 2.07 bits per heavy atom. The van der Waals surface area contributed by atoms with Crippen molar-refractivity contribution in [2.24, 2.45) is 5.73 Å². The molecule has 0 aliphatic heterocycles. The molecule has 0 heterocycles. The molecule has 82 valence electrons. The Balaban J connectivity index is 2.61. The summed E-state index contributed by atoms with van der Waals surface area (Å²) in [5.41, 5.74) is 5.03. The summed E-state index contributed by atoms with van der Waals surface area (Å²) in [6.07, 6.45) is 2.86. The predicted molar refractivity (Wildman–Crippen MR) is 52.8 cm³/mol. The second-order valence-electron chi connectivity index (χ2n) is 4.30. The number of hydrogen-bond acceptors (Lipinski definition) is 4. The van der Waals surface area contributed by atoms with E-state index in [-0.39, 0.29) is 11.6 Å². The van der Waals surface area contributed by atoms with Gasteiger partial charge in [0.2, 0.25) is 0 Å². The summed E-state index contributed by atoms with van der Waals surface area (Å²) in [7, 11) is 3.07. The van der Waals surface area contributed by atoms with E-state index in [9.17, 15) is 4.79 Å². The molecule has 1 saturated carbocycles. The number of nitrogens with two attached hydrogens (primary N) is 1. The Labute approximate surface area is 84.7 Å². The van der Waals surface area contributed by atoms with Gasteiger partial charge in [-0.1, -0.05) is 0 Å². The van der Waals surface area contributed by atoms with Gasteiger partial charge in [0, 0.05) is 7.11 Å². The summed E-state index contributed by atoms with van der Waals surface area (Å²) in [6.45, 7) is 2.05. The minimum absolute atomic E-state index is 0.128. The quantitative estimate of drug-likeness (QED) is 0.672. The molecule has 0 spiro atoms.